The molecule has 0 N–H and O–H groups in total. The maximum atomic E-state index is 5.57. The van der Waals surface area contributed by atoms with Crippen LogP contribution in [-0.2, 0) is 5.41 Å². The van der Waals surface area contributed by atoms with E-state index in [0.717, 1.165) is 48.8 Å². The number of fused-ring (bicyclic) bond motifs is 6. The second-order valence-electron chi connectivity index (χ2n) is 16.9. The van der Waals surface area contributed by atoms with E-state index < -0.39 is 5.41 Å². The third-order valence-corrected chi connectivity index (χ3v) is 13.7. The van der Waals surface area contributed by atoms with Gasteiger partial charge in [-0.25, -0.2) is 0 Å². The largest absolute Gasteiger partial charge is 0.497 e. The van der Waals surface area contributed by atoms with E-state index in [0.29, 0.717) is 0 Å². The highest BCUT2D eigenvalue weighted by Gasteiger charge is 2.40. The first kappa shape index (κ1) is 40.8. The maximum absolute atomic E-state index is 5.57. The van der Waals surface area contributed by atoms with Crippen LogP contribution in [0.3, 0.4) is 0 Å². The Hall–Kier alpha value is -7.24. The molecule has 0 aliphatic heterocycles. The minimum absolute atomic E-state index is 0.706. The van der Waals surface area contributed by atoms with Gasteiger partial charge in [-0.1, -0.05) is 90.5 Å². The Morgan fingerprint density at radius 3 is 1.19 bits per heavy atom. The first-order valence-corrected chi connectivity index (χ1v) is 22.9. The smallest absolute Gasteiger partial charge is 0.119 e. The Kier molecular flexibility index (Phi) is 10.7. The van der Waals surface area contributed by atoms with Crippen molar-refractivity contribution < 1.29 is 4.74 Å². The normalized spacial score (nSPS) is 11.8. The molecule has 5 nitrogen and oxygen atoms in total. The van der Waals surface area contributed by atoms with E-state index in [1.54, 1.807) is 7.11 Å². The van der Waals surface area contributed by atoms with Gasteiger partial charge in [0.1, 0.15) is 5.75 Å². The highest BCUT2D eigenvalue weighted by atomic mass is 16.5. The molecule has 0 saturated carbocycles. The lowest BCUT2D eigenvalue weighted by atomic mass is 9.64. The number of aromatic nitrogens is 2. The lowest BCUT2D eigenvalue weighted by molar-refractivity contribution is 0.415. The highest BCUT2D eigenvalue weighted by molar-refractivity contribution is 6.11. The van der Waals surface area contributed by atoms with Crippen molar-refractivity contribution in [1.82, 2.24) is 9.13 Å². The molecule has 0 aliphatic carbocycles. The second kappa shape index (κ2) is 16.8. The molecular formula is C59H56N4O. The molecular weight excluding hydrogens is 781 g/mol. The van der Waals surface area contributed by atoms with E-state index in [1.807, 2.05) is 12.1 Å². The molecule has 0 radical (unpaired) electrons. The summed E-state index contributed by atoms with van der Waals surface area (Å²) >= 11 is 0. The molecule has 0 fully saturated rings. The third-order valence-electron chi connectivity index (χ3n) is 13.7. The first-order valence-electron chi connectivity index (χ1n) is 22.9. The van der Waals surface area contributed by atoms with Gasteiger partial charge < -0.3 is 23.7 Å². The molecule has 0 amide bonds. The van der Waals surface area contributed by atoms with Gasteiger partial charge in [-0.15, -0.1) is 0 Å². The molecule has 2 heterocycles. The van der Waals surface area contributed by atoms with Crippen LogP contribution in [0.2, 0.25) is 0 Å². The zero-order valence-corrected chi connectivity index (χ0v) is 37.8. The number of aryl methyl sites for hydroxylation is 1. The number of anilines is 2. The number of hydrogen-bond acceptors (Lipinski definition) is 3. The minimum Gasteiger partial charge on any atom is -0.497 e. The number of ether oxygens (including phenoxy) is 1. The lowest BCUT2D eigenvalue weighted by Crippen LogP contribution is -2.31. The van der Waals surface area contributed by atoms with Crippen LogP contribution >= 0.6 is 0 Å². The van der Waals surface area contributed by atoms with Crippen LogP contribution in [0, 0.1) is 6.92 Å². The summed E-state index contributed by atoms with van der Waals surface area (Å²) in [6.07, 6.45) is 0. The monoisotopic (exact) mass is 836 g/mol. The highest BCUT2D eigenvalue weighted by Crippen LogP contribution is 2.49. The molecule has 64 heavy (non-hydrogen) atoms. The average Bonchev–Trinajstić information content (AvgIpc) is 3.86. The number of para-hydroxylation sites is 2. The Morgan fingerprint density at radius 2 is 0.781 bits per heavy atom. The molecule has 0 atom stereocenters. The van der Waals surface area contributed by atoms with Crippen LogP contribution in [0.5, 0.6) is 5.75 Å². The van der Waals surface area contributed by atoms with Crippen LogP contribution in [-0.4, -0.2) is 42.4 Å². The summed E-state index contributed by atoms with van der Waals surface area (Å²) in [6, 6.07) is 68.3. The summed E-state index contributed by atoms with van der Waals surface area (Å²) in [4.78, 5) is 4.85. The van der Waals surface area contributed by atoms with Crippen LogP contribution in [0.25, 0.3) is 55.0 Å². The van der Waals surface area contributed by atoms with Crippen LogP contribution in [0.15, 0.2) is 182 Å². The molecule has 0 bridgehead atoms. The first-order chi connectivity index (χ1) is 31.4. The van der Waals surface area contributed by atoms with Gasteiger partial charge in [-0.2, -0.15) is 0 Å². The van der Waals surface area contributed by atoms with Crippen molar-refractivity contribution in [3.8, 4) is 17.1 Å². The van der Waals surface area contributed by atoms with E-state index in [9.17, 15) is 0 Å². The molecule has 2 aromatic heterocycles. The molecule has 10 aromatic rings. The van der Waals surface area contributed by atoms with Crippen molar-refractivity contribution in [2.24, 2.45) is 0 Å². The van der Waals surface area contributed by atoms with Crippen molar-refractivity contribution in [2.75, 3.05) is 43.1 Å². The zero-order valence-electron chi connectivity index (χ0n) is 37.8. The van der Waals surface area contributed by atoms with Gasteiger partial charge in [0.2, 0.25) is 0 Å². The standard InChI is InChI=1S/C59H56N4O/c1-7-60(8-2)46-29-21-42(22-30-46)59(43-23-31-47(32-24-43)61(9-3)10-4,44-25-37-57-53(39-44)51-15-11-13-17-55(51)62(57)48-27-19-41(5)20-28-48)45-26-38-58-54(40-45)52-16-12-14-18-56(52)63(58)49-33-35-50(64-6)36-34-49/h11-40H,7-10H2,1-6H3. The maximum Gasteiger partial charge on any atom is 0.119 e. The average molecular weight is 837 g/mol. The van der Waals surface area contributed by atoms with Gasteiger partial charge in [0.05, 0.1) is 34.6 Å². The molecule has 0 unspecified atom stereocenters. The van der Waals surface area contributed by atoms with Gasteiger partial charge in [-0.05, 0) is 154 Å². The van der Waals surface area contributed by atoms with Crippen LogP contribution in [0.1, 0.15) is 55.5 Å². The Balaban J connectivity index is 1.31. The van der Waals surface area contributed by atoms with Gasteiger partial charge in [0.15, 0.2) is 0 Å². The number of hydrogen-bond donors (Lipinski definition) is 0. The number of benzene rings is 8. The Labute approximate surface area is 377 Å². The summed E-state index contributed by atoms with van der Waals surface area (Å²) in [6.45, 7) is 14.9. The molecule has 0 aliphatic rings. The van der Waals surface area contributed by atoms with E-state index >= 15 is 0 Å². The predicted molar refractivity (Wildman–Crippen MR) is 272 cm³/mol. The van der Waals surface area contributed by atoms with Crippen molar-refractivity contribution in [3.63, 3.8) is 0 Å². The molecule has 8 aromatic carbocycles. The Morgan fingerprint density at radius 1 is 0.406 bits per heavy atom. The number of methoxy groups -OCH3 is 1. The fourth-order valence-electron chi connectivity index (χ4n) is 10.4. The fourth-order valence-corrected chi connectivity index (χ4v) is 10.4. The molecule has 0 spiro atoms. The van der Waals surface area contributed by atoms with Crippen LogP contribution < -0.4 is 14.5 Å². The van der Waals surface area contributed by atoms with Gasteiger partial charge in [0, 0.05) is 70.5 Å². The van der Waals surface area contributed by atoms with Crippen molar-refractivity contribution in [1.29, 1.82) is 0 Å². The summed E-state index contributed by atoms with van der Waals surface area (Å²) in [5.41, 5.74) is 14.9. The third kappa shape index (κ3) is 6.61. The fraction of sp³-hybridized carbons (Fsp3) is 0.186. The van der Waals surface area contributed by atoms with Gasteiger partial charge in [0.25, 0.3) is 0 Å². The molecule has 0 saturated heterocycles. The van der Waals surface area contributed by atoms with Gasteiger partial charge >= 0.3 is 0 Å². The topological polar surface area (TPSA) is 25.6 Å². The number of rotatable bonds is 13. The SMILES string of the molecule is CCN(CC)c1ccc(C(c2ccc(N(CC)CC)cc2)(c2ccc3c(c2)c2ccccc2n3-c2ccc(C)cc2)c2ccc3c(c2)c2ccccc2n3-c2ccc(OC)cc2)cc1. The second-order valence-corrected chi connectivity index (χ2v) is 16.9. The molecule has 5 heteroatoms. The van der Waals surface area contributed by atoms with E-state index in [-0.39, 0.29) is 0 Å². The summed E-state index contributed by atoms with van der Waals surface area (Å²) < 4.78 is 10.4. The lowest BCUT2D eigenvalue weighted by Gasteiger charge is -2.38. The minimum atomic E-state index is -0.706. The van der Waals surface area contributed by atoms with Gasteiger partial charge in [-0.3, -0.25) is 0 Å². The molecule has 318 valence electrons. The van der Waals surface area contributed by atoms with E-state index in [2.05, 4.69) is 223 Å². The summed E-state index contributed by atoms with van der Waals surface area (Å²) in [7, 11) is 1.72. The van der Waals surface area contributed by atoms with Crippen molar-refractivity contribution in [2.45, 2.75) is 40.0 Å². The number of nitrogens with zero attached hydrogens (tertiary/aromatic N) is 4. The van der Waals surface area contributed by atoms with Crippen molar-refractivity contribution >= 4 is 55.0 Å². The Bertz CT molecular complexity index is 3180. The summed E-state index contributed by atoms with van der Waals surface area (Å²) in [5.74, 6) is 0.842. The van der Waals surface area contributed by atoms with Crippen molar-refractivity contribution in [3.05, 3.63) is 210 Å². The van der Waals surface area contributed by atoms with E-state index in [1.165, 1.54) is 77.3 Å². The quantitative estimate of drug-likeness (QED) is 0.108. The zero-order chi connectivity index (χ0) is 44.0. The van der Waals surface area contributed by atoms with Crippen LogP contribution in [0.4, 0.5) is 11.4 Å². The predicted octanol–water partition coefficient (Wildman–Crippen LogP) is 14.3. The van der Waals surface area contributed by atoms with E-state index in [4.69, 9.17) is 4.74 Å². The molecule has 10 rings (SSSR count). The summed E-state index contributed by atoms with van der Waals surface area (Å²) in [5, 5.41) is 4.90.